The number of ether oxygens (including phenoxy) is 1. The minimum absolute atomic E-state index is 0.0926. The van der Waals surface area contributed by atoms with E-state index in [1.165, 1.54) is 12.1 Å². The Morgan fingerprint density at radius 3 is 2.78 bits per heavy atom. The Hall–Kier alpha value is -2.71. The number of anilines is 1. The predicted molar refractivity (Wildman–Crippen MR) is 105 cm³/mol. The minimum atomic E-state index is -0.475. The molecule has 0 N–H and O–H groups in total. The zero-order chi connectivity index (χ0) is 19.2. The molecule has 0 unspecified atom stereocenters. The van der Waals surface area contributed by atoms with Crippen LogP contribution in [0, 0.1) is 10.1 Å². The highest BCUT2D eigenvalue weighted by atomic mass is 32.1. The van der Waals surface area contributed by atoms with Crippen LogP contribution < -0.4 is 4.90 Å². The summed E-state index contributed by atoms with van der Waals surface area (Å²) in [5, 5.41) is 13.2. The second kappa shape index (κ2) is 8.79. The van der Waals surface area contributed by atoms with E-state index in [0.717, 1.165) is 4.88 Å². The number of morpholine rings is 1. The van der Waals surface area contributed by atoms with E-state index in [4.69, 9.17) is 4.74 Å². The quantitative estimate of drug-likeness (QED) is 0.414. The van der Waals surface area contributed by atoms with Crippen molar-refractivity contribution in [2.24, 2.45) is 0 Å². The standard InChI is InChI=1S/C19H21N3O4S/c1-2-7-21(14-16-4-3-12-27-16)19(23)17-13-15(22(24)25)5-6-18(17)20-8-10-26-11-9-20/h2-6,12-13H,1,7-11,14H2. The van der Waals surface area contributed by atoms with E-state index in [-0.39, 0.29) is 11.6 Å². The zero-order valence-corrected chi connectivity index (χ0v) is 15.7. The van der Waals surface area contributed by atoms with E-state index in [0.29, 0.717) is 50.6 Å². The smallest absolute Gasteiger partial charge is 0.270 e. The van der Waals surface area contributed by atoms with Gasteiger partial charge in [-0.2, -0.15) is 0 Å². The molecule has 0 aliphatic carbocycles. The summed E-state index contributed by atoms with van der Waals surface area (Å²) in [6, 6.07) is 8.37. The van der Waals surface area contributed by atoms with Crippen LogP contribution in [-0.4, -0.2) is 48.6 Å². The highest BCUT2D eigenvalue weighted by Gasteiger charge is 2.25. The van der Waals surface area contributed by atoms with Crippen LogP contribution in [0.2, 0.25) is 0 Å². The maximum absolute atomic E-state index is 13.3. The Labute approximate surface area is 161 Å². The van der Waals surface area contributed by atoms with E-state index in [2.05, 4.69) is 6.58 Å². The van der Waals surface area contributed by atoms with Crippen LogP contribution in [0.4, 0.5) is 11.4 Å². The van der Waals surface area contributed by atoms with Crippen LogP contribution in [0.1, 0.15) is 15.2 Å². The number of hydrogen-bond donors (Lipinski definition) is 0. The van der Waals surface area contributed by atoms with Crippen LogP contribution in [-0.2, 0) is 11.3 Å². The van der Waals surface area contributed by atoms with E-state index in [9.17, 15) is 14.9 Å². The van der Waals surface area contributed by atoms with Crippen LogP contribution >= 0.6 is 11.3 Å². The van der Waals surface area contributed by atoms with Crippen molar-refractivity contribution in [3.63, 3.8) is 0 Å². The molecule has 1 aromatic heterocycles. The number of rotatable bonds is 7. The monoisotopic (exact) mass is 387 g/mol. The molecule has 3 rings (SSSR count). The average Bonchev–Trinajstić information content (AvgIpc) is 3.20. The number of carbonyl (C=O) groups excluding carboxylic acids is 1. The highest BCUT2D eigenvalue weighted by molar-refractivity contribution is 7.09. The molecule has 7 nitrogen and oxygen atoms in total. The fourth-order valence-electron chi connectivity index (χ4n) is 3.03. The third-order valence-corrected chi connectivity index (χ3v) is 5.20. The number of thiophene rings is 1. The van der Waals surface area contributed by atoms with E-state index in [1.807, 2.05) is 22.4 Å². The number of non-ortho nitro benzene ring substituents is 1. The van der Waals surface area contributed by atoms with Crippen molar-refractivity contribution in [2.45, 2.75) is 6.54 Å². The molecule has 1 saturated heterocycles. The lowest BCUT2D eigenvalue weighted by Crippen LogP contribution is -2.38. The molecule has 1 amide bonds. The van der Waals surface area contributed by atoms with Gasteiger partial charge in [-0.05, 0) is 17.5 Å². The van der Waals surface area contributed by atoms with Crippen LogP contribution in [0.25, 0.3) is 0 Å². The van der Waals surface area contributed by atoms with E-state index in [1.54, 1.807) is 28.4 Å². The zero-order valence-electron chi connectivity index (χ0n) is 14.9. The molecule has 1 aliphatic rings. The number of amides is 1. The molecule has 0 bridgehead atoms. The molecule has 1 aromatic carbocycles. The maximum atomic E-state index is 13.3. The minimum Gasteiger partial charge on any atom is -0.378 e. The first-order valence-electron chi connectivity index (χ1n) is 8.64. The van der Waals surface area contributed by atoms with Crippen molar-refractivity contribution in [3.8, 4) is 0 Å². The van der Waals surface area contributed by atoms with E-state index < -0.39 is 4.92 Å². The van der Waals surface area contributed by atoms with Crippen LogP contribution in [0.3, 0.4) is 0 Å². The van der Waals surface area contributed by atoms with Gasteiger partial charge in [0.2, 0.25) is 0 Å². The number of carbonyl (C=O) groups is 1. The topological polar surface area (TPSA) is 75.9 Å². The third-order valence-electron chi connectivity index (χ3n) is 4.34. The maximum Gasteiger partial charge on any atom is 0.270 e. The van der Waals surface area contributed by atoms with Crippen molar-refractivity contribution >= 4 is 28.6 Å². The first-order chi connectivity index (χ1) is 13.1. The summed E-state index contributed by atoms with van der Waals surface area (Å²) < 4.78 is 5.38. The van der Waals surface area contributed by atoms with Gasteiger partial charge in [0.15, 0.2) is 0 Å². The van der Waals surface area contributed by atoms with Gasteiger partial charge in [0.1, 0.15) is 0 Å². The van der Waals surface area contributed by atoms with Crippen LogP contribution in [0.15, 0.2) is 48.4 Å². The van der Waals surface area contributed by atoms with Gasteiger partial charge in [0.25, 0.3) is 11.6 Å². The van der Waals surface area contributed by atoms with Crippen molar-refractivity contribution in [3.05, 3.63) is 68.9 Å². The second-order valence-corrected chi connectivity index (χ2v) is 7.14. The summed E-state index contributed by atoms with van der Waals surface area (Å²) in [5.74, 6) is -0.242. The molecule has 1 aliphatic heterocycles. The third kappa shape index (κ3) is 4.53. The van der Waals surface area contributed by atoms with Gasteiger partial charge in [-0.25, -0.2) is 0 Å². The summed E-state index contributed by atoms with van der Waals surface area (Å²) in [7, 11) is 0. The Morgan fingerprint density at radius 1 is 1.37 bits per heavy atom. The summed E-state index contributed by atoms with van der Waals surface area (Å²) >= 11 is 1.57. The van der Waals surface area contributed by atoms with E-state index >= 15 is 0 Å². The van der Waals surface area contributed by atoms with Crippen molar-refractivity contribution in [1.82, 2.24) is 4.90 Å². The Morgan fingerprint density at radius 2 is 2.15 bits per heavy atom. The molecule has 1 fully saturated rings. The lowest BCUT2D eigenvalue weighted by molar-refractivity contribution is -0.384. The lowest BCUT2D eigenvalue weighted by Gasteiger charge is -2.31. The number of nitro groups is 1. The molecular weight excluding hydrogens is 366 g/mol. The fourth-order valence-corrected chi connectivity index (χ4v) is 3.74. The van der Waals surface area contributed by atoms with Gasteiger partial charge in [0, 0.05) is 36.6 Å². The van der Waals surface area contributed by atoms with Crippen molar-refractivity contribution < 1.29 is 14.5 Å². The molecule has 27 heavy (non-hydrogen) atoms. The SMILES string of the molecule is C=CCN(Cc1cccs1)C(=O)c1cc([N+](=O)[O-])ccc1N1CCOCC1. The average molecular weight is 387 g/mol. The summed E-state index contributed by atoms with van der Waals surface area (Å²) in [4.78, 5) is 28.8. The largest absolute Gasteiger partial charge is 0.378 e. The molecule has 0 radical (unpaired) electrons. The molecule has 2 aromatic rings. The number of nitro benzene ring substituents is 1. The molecular formula is C19H21N3O4S. The molecule has 0 atom stereocenters. The second-order valence-electron chi connectivity index (χ2n) is 6.11. The van der Waals surface area contributed by atoms with Gasteiger partial charge in [-0.15, -0.1) is 17.9 Å². The Balaban J connectivity index is 1.96. The first-order valence-corrected chi connectivity index (χ1v) is 9.52. The molecule has 0 saturated carbocycles. The Kier molecular flexibility index (Phi) is 6.20. The predicted octanol–water partition coefficient (Wildman–Crippen LogP) is 3.32. The Bertz CT molecular complexity index is 816. The van der Waals surface area contributed by atoms with Gasteiger partial charge >= 0.3 is 0 Å². The molecule has 142 valence electrons. The molecule has 8 heteroatoms. The molecule has 2 heterocycles. The van der Waals surface area contributed by atoms with Crippen molar-refractivity contribution in [2.75, 3.05) is 37.7 Å². The van der Waals surface area contributed by atoms with Gasteiger partial charge in [-0.3, -0.25) is 14.9 Å². The fraction of sp³-hybridized carbons (Fsp3) is 0.316. The number of benzene rings is 1. The van der Waals surface area contributed by atoms with Crippen molar-refractivity contribution in [1.29, 1.82) is 0 Å². The number of nitrogens with zero attached hydrogens (tertiary/aromatic N) is 3. The summed E-state index contributed by atoms with van der Waals surface area (Å²) in [5.41, 5.74) is 0.948. The molecule has 0 spiro atoms. The summed E-state index contributed by atoms with van der Waals surface area (Å²) in [6.07, 6.45) is 1.66. The summed E-state index contributed by atoms with van der Waals surface area (Å²) in [6.45, 7) is 6.96. The van der Waals surface area contributed by atoms with Gasteiger partial charge in [0.05, 0.1) is 35.9 Å². The van der Waals surface area contributed by atoms with Crippen LogP contribution in [0.5, 0.6) is 0 Å². The number of hydrogen-bond acceptors (Lipinski definition) is 6. The lowest BCUT2D eigenvalue weighted by atomic mass is 10.1. The van der Waals surface area contributed by atoms with Gasteiger partial charge < -0.3 is 14.5 Å². The first kappa shape index (κ1) is 19.1. The van der Waals surface area contributed by atoms with Gasteiger partial charge in [-0.1, -0.05) is 12.1 Å². The normalized spacial score (nSPS) is 14.0. The highest BCUT2D eigenvalue weighted by Crippen LogP contribution is 2.28.